The van der Waals surface area contributed by atoms with Crippen molar-refractivity contribution in [3.63, 3.8) is 0 Å². The Bertz CT molecular complexity index is 228. The van der Waals surface area contributed by atoms with Crippen LogP contribution in [0.4, 0.5) is 0 Å². The minimum Gasteiger partial charge on any atom is -0.385 e. The van der Waals surface area contributed by atoms with Gasteiger partial charge in [0.05, 0.1) is 5.60 Å². The fourth-order valence-corrected chi connectivity index (χ4v) is 1.86. The lowest BCUT2D eigenvalue weighted by Gasteiger charge is -2.27. The maximum atomic E-state index is 10.5. The molecule has 0 heterocycles. The molecule has 0 aromatic carbocycles. The monoisotopic (exact) mass is 224 g/mol. The zero-order chi connectivity index (χ0) is 12.4. The van der Waals surface area contributed by atoms with Crippen LogP contribution in [0, 0.1) is 0 Å². The van der Waals surface area contributed by atoms with Crippen molar-refractivity contribution < 1.29 is 5.11 Å². The molecular weight excluding hydrogens is 196 g/mol. The first kappa shape index (κ1) is 15.4. The van der Waals surface area contributed by atoms with E-state index in [1.54, 1.807) is 0 Å². The van der Waals surface area contributed by atoms with Crippen LogP contribution >= 0.6 is 0 Å². The number of hydrogen-bond acceptors (Lipinski definition) is 1. The fourth-order valence-electron chi connectivity index (χ4n) is 1.86. The molecule has 1 nitrogen and oxygen atoms in total. The smallest absolute Gasteiger partial charge is 0.0888 e. The van der Waals surface area contributed by atoms with E-state index in [1.807, 2.05) is 19.9 Å². The van der Waals surface area contributed by atoms with E-state index in [-0.39, 0.29) is 0 Å². The van der Waals surface area contributed by atoms with Gasteiger partial charge in [-0.05, 0) is 38.7 Å². The number of allylic oxidation sites excluding steroid dienone is 2. The van der Waals surface area contributed by atoms with Gasteiger partial charge >= 0.3 is 0 Å². The van der Waals surface area contributed by atoms with Gasteiger partial charge in [-0.3, -0.25) is 0 Å². The molecule has 1 heteroatoms. The normalized spacial score (nSPS) is 16.7. The average Bonchev–Trinajstić information content (AvgIpc) is 2.28. The maximum absolute atomic E-state index is 10.5. The molecule has 0 fully saturated rings. The Labute approximate surface area is 101 Å². The van der Waals surface area contributed by atoms with Crippen molar-refractivity contribution >= 4 is 0 Å². The van der Waals surface area contributed by atoms with Crippen LogP contribution in [0.25, 0.3) is 0 Å². The van der Waals surface area contributed by atoms with Gasteiger partial charge in [-0.25, -0.2) is 0 Å². The molecule has 16 heavy (non-hydrogen) atoms. The molecule has 1 atom stereocenters. The highest BCUT2D eigenvalue weighted by Gasteiger charge is 2.25. The Kier molecular flexibility index (Phi) is 8.28. The van der Waals surface area contributed by atoms with Crippen molar-refractivity contribution in [3.8, 4) is 0 Å². The van der Waals surface area contributed by atoms with Crippen molar-refractivity contribution in [3.05, 3.63) is 23.8 Å². The van der Waals surface area contributed by atoms with Crippen molar-refractivity contribution in [1.82, 2.24) is 0 Å². The van der Waals surface area contributed by atoms with Gasteiger partial charge in [0.1, 0.15) is 0 Å². The van der Waals surface area contributed by atoms with Crippen molar-refractivity contribution in [2.24, 2.45) is 0 Å². The van der Waals surface area contributed by atoms with E-state index in [0.717, 1.165) is 31.3 Å². The van der Waals surface area contributed by atoms with Crippen LogP contribution in [0.1, 0.15) is 66.2 Å². The SMILES string of the molecule is CC=C(C)C(O)(CC=CCCCC)CCC. The second-order valence-electron chi connectivity index (χ2n) is 4.57. The summed E-state index contributed by atoms with van der Waals surface area (Å²) in [6, 6.07) is 0. The third-order valence-corrected chi connectivity index (χ3v) is 3.18. The number of unbranched alkanes of at least 4 members (excludes halogenated alkanes) is 2. The van der Waals surface area contributed by atoms with E-state index in [4.69, 9.17) is 0 Å². The Morgan fingerprint density at radius 2 is 1.88 bits per heavy atom. The zero-order valence-corrected chi connectivity index (χ0v) is 11.4. The lowest BCUT2D eigenvalue weighted by molar-refractivity contribution is 0.0710. The molecule has 0 saturated carbocycles. The van der Waals surface area contributed by atoms with Crippen molar-refractivity contribution in [1.29, 1.82) is 0 Å². The molecule has 0 spiro atoms. The highest BCUT2D eigenvalue weighted by atomic mass is 16.3. The molecule has 0 saturated heterocycles. The van der Waals surface area contributed by atoms with Crippen LogP contribution < -0.4 is 0 Å². The van der Waals surface area contributed by atoms with Gasteiger partial charge in [0.25, 0.3) is 0 Å². The van der Waals surface area contributed by atoms with Crippen LogP contribution in [0.2, 0.25) is 0 Å². The van der Waals surface area contributed by atoms with Gasteiger partial charge in [-0.1, -0.05) is 51.3 Å². The van der Waals surface area contributed by atoms with Crippen LogP contribution in [0.15, 0.2) is 23.8 Å². The first-order valence-corrected chi connectivity index (χ1v) is 6.61. The summed E-state index contributed by atoms with van der Waals surface area (Å²) in [5.41, 5.74) is 0.473. The summed E-state index contributed by atoms with van der Waals surface area (Å²) in [6.07, 6.45) is 12.6. The van der Waals surface area contributed by atoms with E-state index in [1.165, 1.54) is 12.8 Å². The molecule has 0 bridgehead atoms. The van der Waals surface area contributed by atoms with Crippen LogP contribution in [0.5, 0.6) is 0 Å². The molecule has 1 N–H and O–H groups in total. The zero-order valence-electron chi connectivity index (χ0n) is 11.4. The lowest BCUT2D eigenvalue weighted by atomic mass is 9.86. The summed E-state index contributed by atoms with van der Waals surface area (Å²) in [5.74, 6) is 0. The van der Waals surface area contributed by atoms with Gasteiger partial charge in [0.2, 0.25) is 0 Å². The Balaban J connectivity index is 4.28. The third kappa shape index (κ3) is 5.50. The molecule has 0 aromatic rings. The quantitative estimate of drug-likeness (QED) is 0.471. The summed E-state index contributed by atoms with van der Waals surface area (Å²) >= 11 is 0. The largest absolute Gasteiger partial charge is 0.385 e. The van der Waals surface area contributed by atoms with Gasteiger partial charge in [-0.2, -0.15) is 0 Å². The highest BCUT2D eigenvalue weighted by Crippen LogP contribution is 2.26. The van der Waals surface area contributed by atoms with E-state index in [0.29, 0.717) is 0 Å². The summed E-state index contributed by atoms with van der Waals surface area (Å²) in [7, 11) is 0. The Morgan fingerprint density at radius 1 is 1.19 bits per heavy atom. The summed E-state index contributed by atoms with van der Waals surface area (Å²) < 4.78 is 0. The first-order chi connectivity index (χ1) is 7.60. The second kappa shape index (κ2) is 8.58. The molecule has 0 radical (unpaired) electrons. The fraction of sp³-hybridized carbons (Fsp3) is 0.733. The molecule has 0 aliphatic rings. The number of rotatable bonds is 8. The number of hydrogen-bond donors (Lipinski definition) is 1. The minimum absolute atomic E-state index is 0.619. The molecule has 1 unspecified atom stereocenters. The first-order valence-electron chi connectivity index (χ1n) is 6.61. The molecular formula is C15H28O. The van der Waals surface area contributed by atoms with Crippen LogP contribution in [-0.4, -0.2) is 10.7 Å². The van der Waals surface area contributed by atoms with E-state index in [2.05, 4.69) is 26.0 Å². The van der Waals surface area contributed by atoms with Crippen LogP contribution in [0.3, 0.4) is 0 Å². The van der Waals surface area contributed by atoms with Crippen molar-refractivity contribution in [2.75, 3.05) is 0 Å². The summed E-state index contributed by atoms with van der Waals surface area (Å²) in [5, 5.41) is 10.5. The molecule has 0 amide bonds. The second-order valence-corrected chi connectivity index (χ2v) is 4.57. The third-order valence-electron chi connectivity index (χ3n) is 3.18. The summed E-state index contributed by atoms with van der Waals surface area (Å²) in [6.45, 7) is 8.34. The molecule has 0 aliphatic carbocycles. The maximum Gasteiger partial charge on any atom is 0.0888 e. The van der Waals surface area contributed by atoms with Gasteiger partial charge in [0, 0.05) is 0 Å². The lowest BCUT2D eigenvalue weighted by Crippen LogP contribution is -2.29. The van der Waals surface area contributed by atoms with E-state index < -0.39 is 5.60 Å². The summed E-state index contributed by atoms with van der Waals surface area (Å²) in [4.78, 5) is 0. The standard InChI is InChI=1S/C15H28O/c1-5-8-9-10-11-13-15(16,12-6-2)14(4)7-3/h7,10-11,16H,5-6,8-9,12-13H2,1-4H3. The van der Waals surface area contributed by atoms with Gasteiger partial charge in [0.15, 0.2) is 0 Å². The minimum atomic E-state index is -0.619. The van der Waals surface area contributed by atoms with Gasteiger partial charge in [-0.15, -0.1) is 0 Å². The molecule has 0 aromatic heterocycles. The van der Waals surface area contributed by atoms with Gasteiger partial charge < -0.3 is 5.11 Å². The Hall–Kier alpha value is -0.560. The van der Waals surface area contributed by atoms with E-state index >= 15 is 0 Å². The van der Waals surface area contributed by atoms with Crippen LogP contribution in [-0.2, 0) is 0 Å². The number of aliphatic hydroxyl groups is 1. The molecule has 0 rings (SSSR count). The topological polar surface area (TPSA) is 20.2 Å². The molecule has 94 valence electrons. The highest BCUT2D eigenvalue weighted by molar-refractivity contribution is 5.15. The van der Waals surface area contributed by atoms with E-state index in [9.17, 15) is 5.11 Å². The predicted octanol–water partition coefficient (Wildman–Crippen LogP) is 4.62. The molecule has 0 aliphatic heterocycles. The average molecular weight is 224 g/mol. The Morgan fingerprint density at radius 3 is 2.38 bits per heavy atom. The predicted molar refractivity (Wildman–Crippen MR) is 72.6 cm³/mol. The van der Waals surface area contributed by atoms with Crippen molar-refractivity contribution in [2.45, 2.75) is 71.8 Å².